The van der Waals surface area contributed by atoms with Gasteiger partial charge in [0.25, 0.3) is 5.56 Å². The molecule has 2 fully saturated rings. The number of hydrogen-bond donors (Lipinski definition) is 1. The van der Waals surface area contributed by atoms with Crippen LogP contribution in [-0.2, 0) is 14.6 Å². The number of phenolic OH excluding ortho intramolecular Hbond substituents is 1. The van der Waals surface area contributed by atoms with Crippen molar-refractivity contribution in [1.29, 1.82) is 0 Å². The minimum absolute atomic E-state index is 0.00956. The number of anilines is 1. The number of hydrogen-bond acceptors (Lipinski definition) is 7. The Bertz CT molecular complexity index is 2090. The molecule has 9 nitrogen and oxygen atoms in total. The Morgan fingerprint density at radius 1 is 1.10 bits per heavy atom. The minimum Gasteiger partial charge on any atom is -0.507 e. The van der Waals surface area contributed by atoms with E-state index in [9.17, 15) is 23.1 Å². The van der Waals surface area contributed by atoms with Gasteiger partial charge in [-0.2, -0.15) is 0 Å². The summed E-state index contributed by atoms with van der Waals surface area (Å²) in [5.41, 5.74) is -1.61. The molecule has 5 rings (SSSR count). The second-order valence-electron chi connectivity index (χ2n) is 12.5. The van der Waals surface area contributed by atoms with Crippen LogP contribution in [0, 0.1) is 29.4 Å². The lowest BCUT2D eigenvalue weighted by Crippen LogP contribution is -2.36. The number of sulfone groups is 1. The zero-order valence-electron chi connectivity index (χ0n) is 27.3. The van der Waals surface area contributed by atoms with Gasteiger partial charge in [0.2, 0.25) is 5.91 Å². The topological polar surface area (TPSA) is 112 Å². The molecule has 2 atom stereocenters. The van der Waals surface area contributed by atoms with Crippen molar-refractivity contribution >= 4 is 55.3 Å². The van der Waals surface area contributed by atoms with Crippen LogP contribution in [0.2, 0.25) is 5.02 Å². The Morgan fingerprint density at radius 2 is 1.73 bits per heavy atom. The lowest BCUT2D eigenvalue weighted by atomic mass is 9.97. The molecule has 1 aromatic heterocycles. The average molecular weight is 699 g/mol. The first-order valence-electron chi connectivity index (χ1n) is 15.3. The zero-order chi connectivity index (χ0) is 35.4. The summed E-state index contributed by atoms with van der Waals surface area (Å²) in [6.07, 6.45) is 3.60. The van der Waals surface area contributed by atoms with Crippen molar-refractivity contribution in [1.82, 2.24) is 9.47 Å². The number of allylic oxidation sites excluding steroid dienone is 3. The largest absolute Gasteiger partial charge is 0.507 e. The number of carbonyl (C=O) groups excluding carboxylic acids is 1. The van der Waals surface area contributed by atoms with Crippen LogP contribution < -0.4 is 10.5 Å². The van der Waals surface area contributed by atoms with E-state index in [1.165, 1.54) is 37.4 Å². The second kappa shape index (κ2) is 13.0. The van der Waals surface area contributed by atoms with E-state index in [1.807, 2.05) is 13.8 Å². The maximum atomic E-state index is 17.4. The maximum absolute atomic E-state index is 17.4. The summed E-state index contributed by atoms with van der Waals surface area (Å²) in [5, 5.41) is 10.4. The highest BCUT2D eigenvalue weighted by Crippen LogP contribution is 2.46. The Kier molecular flexibility index (Phi) is 9.46. The summed E-state index contributed by atoms with van der Waals surface area (Å²) in [5.74, 6) is -3.34. The lowest BCUT2D eigenvalue weighted by Gasteiger charge is -2.29. The number of aliphatic imine (C=N–C) groups is 1. The van der Waals surface area contributed by atoms with E-state index in [0.717, 1.165) is 16.9 Å². The van der Waals surface area contributed by atoms with Gasteiger partial charge in [-0.15, -0.1) is 0 Å². The minimum atomic E-state index is -4.29. The Morgan fingerprint density at radius 3 is 2.23 bits per heavy atom. The van der Waals surface area contributed by atoms with Gasteiger partial charge in [-0.1, -0.05) is 50.7 Å². The average Bonchev–Trinajstić information content (AvgIpc) is 3.59. The normalized spacial score (nSPS) is 18.8. The molecule has 13 heteroatoms. The molecule has 1 amide bonds. The fourth-order valence-corrected chi connectivity index (χ4v) is 8.28. The number of aromatic nitrogens is 1. The third-order valence-electron chi connectivity index (χ3n) is 9.12. The first-order chi connectivity index (χ1) is 22.6. The van der Waals surface area contributed by atoms with Crippen molar-refractivity contribution in [3.05, 3.63) is 82.2 Å². The molecule has 0 bridgehead atoms. The zero-order valence-corrected chi connectivity index (χ0v) is 28.9. The molecule has 3 aromatic rings. The molecule has 3 heterocycles. The number of phenols is 1. The SMILES string of the molecule is C=CC(=O)N1C[C@@H]2CN(c3c(S(C)(=O)=O)c(=O)n(C(/C(=N\C)C(C)C)=C(\C)C=C)c4c(F)c(-c5c(O)cccc5F)c(Cl)cc34)C[C@@H]2C1. The summed E-state index contributed by atoms with van der Waals surface area (Å²) in [6, 6.07) is 4.78. The fourth-order valence-electron chi connectivity index (χ4n) is 7.00. The first kappa shape index (κ1) is 35.0. The van der Waals surface area contributed by atoms with E-state index < -0.39 is 48.8 Å². The molecule has 0 spiro atoms. The fraction of sp³-hybridized carbons (Fsp3) is 0.343. The van der Waals surface area contributed by atoms with Crippen LogP contribution in [0.15, 0.2) is 69.8 Å². The number of halogens is 3. The highest BCUT2D eigenvalue weighted by molar-refractivity contribution is 7.90. The van der Waals surface area contributed by atoms with Gasteiger partial charge in [-0.25, -0.2) is 17.2 Å². The van der Waals surface area contributed by atoms with Gasteiger partial charge in [-0.05, 0) is 42.7 Å². The number of amides is 1. The molecule has 2 aliphatic rings. The third-order valence-corrected chi connectivity index (χ3v) is 10.5. The molecule has 0 unspecified atom stereocenters. The predicted molar refractivity (Wildman–Crippen MR) is 187 cm³/mol. The maximum Gasteiger partial charge on any atom is 0.276 e. The molecule has 2 aliphatic heterocycles. The smallest absolute Gasteiger partial charge is 0.276 e. The van der Waals surface area contributed by atoms with Crippen LogP contribution in [0.4, 0.5) is 14.5 Å². The van der Waals surface area contributed by atoms with Crippen molar-refractivity contribution < 1.29 is 27.1 Å². The number of benzene rings is 2. The number of aromatic hydroxyl groups is 1. The van der Waals surface area contributed by atoms with Crippen molar-refractivity contribution in [3.8, 4) is 16.9 Å². The summed E-state index contributed by atoms with van der Waals surface area (Å²) in [6.45, 7) is 14.0. The van der Waals surface area contributed by atoms with Gasteiger partial charge in [-0.3, -0.25) is 19.1 Å². The van der Waals surface area contributed by atoms with E-state index in [-0.39, 0.29) is 64.1 Å². The Balaban J connectivity index is 1.97. The molecular formula is C35H37ClF2N4O5S. The van der Waals surface area contributed by atoms with Gasteiger partial charge in [0, 0.05) is 62.3 Å². The molecular weight excluding hydrogens is 662 g/mol. The van der Waals surface area contributed by atoms with Crippen LogP contribution in [0.25, 0.3) is 27.7 Å². The van der Waals surface area contributed by atoms with Crippen molar-refractivity contribution in [2.24, 2.45) is 22.7 Å². The third kappa shape index (κ3) is 5.74. The second-order valence-corrected chi connectivity index (χ2v) is 14.9. The van der Waals surface area contributed by atoms with E-state index in [2.05, 4.69) is 18.2 Å². The molecule has 0 radical (unpaired) electrons. The van der Waals surface area contributed by atoms with Crippen molar-refractivity contribution in [3.63, 3.8) is 0 Å². The van der Waals surface area contributed by atoms with E-state index in [1.54, 1.807) is 16.7 Å². The number of likely N-dealkylation sites (tertiary alicyclic amines) is 1. The van der Waals surface area contributed by atoms with E-state index in [4.69, 9.17) is 11.6 Å². The molecule has 0 saturated carbocycles. The number of pyridine rings is 1. The van der Waals surface area contributed by atoms with Crippen LogP contribution in [0.5, 0.6) is 5.75 Å². The standard InChI is InChI=1S/C35H37ClF2N4O5S/c1-8-19(5)31(30(39-6)18(3)4)42-32-22(13-23(36)27(29(32)38)28-24(37)11-10-12-25(28)43)33(34(35(42)45)48(7,46)47)41-16-20-14-40(26(44)9-2)15-21(20)17-41/h8-13,18,20-21,43H,1-2,14-17H2,3-7H3/b31-19+,39-30-/t20-,21+. The molecule has 254 valence electrons. The molecule has 48 heavy (non-hydrogen) atoms. The van der Waals surface area contributed by atoms with Gasteiger partial charge in [0.1, 0.15) is 11.6 Å². The van der Waals surface area contributed by atoms with Gasteiger partial charge < -0.3 is 14.9 Å². The number of fused-ring (bicyclic) bond motifs is 2. The Labute approximate surface area is 283 Å². The quantitative estimate of drug-likeness (QED) is 0.177. The van der Waals surface area contributed by atoms with E-state index >= 15 is 8.78 Å². The van der Waals surface area contributed by atoms with Crippen LogP contribution in [0.1, 0.15) is 20.8 Å². The highest BCUT2D eigenvalue weighted by Gasteiger charge is 2.44. The molecule has 0 aliphatic carbocycles. The van der Waals surface area contributed by atoms with Gasteiger partial charge in [0.15, 0.2) is 20.5 Å². The highest BCUT2D eigenvalue weighted by atomic mass is 35.5. The summed E-state index contributed by atoms with van der Waals surface area (Å²) < 4.78 is 60.9. The number of carbonyl (C=O) groups is 1. The Hall–Kier alpha value is -4.29. The number of rotatable bonds is 8. The summed E-state index contributed by atoms with van der Waals surface area (Å²) in [4.78, 5) is 34.4. The first-order valence-corrected chi connectivity index (χ1v) is 17.6. The number of nitrogens with zero attached hydrogens (tertiary/aromatic N) is 4. The van der Waals surface area contributed by atoms with Crippen molar-refractivity contribution in [2.45, 2.75) is 25.7 Å². The predicted octanol–water partition coefficient (Wildman–Crippen LogP) is 5.93. The summed E-state index contributed by atoms with van der Waals surface area (Å²) >= 11 is 6.72. The van der Waals surface area contributed by atoms with Crippen LogP contribution >= 0.6 is 11.6 Å². The lowest BCUT2D eigenvalue weighted by molar-refractivity contribution is -0.125. The van der Waals surface area contributed by atoms with Crippen LogP contribution in [-0.4, -0.2) is 74.1 Å². The molecule has 2 saturated heterocycles. The van der Waals surface area contributed by atoms with E-state index in [0.29, 0.717) is 24.4 Å². The van der Waals surface area contributed by atoms with Crippen LogP contribution in [0.3, 0.4) is 0 Å². The monoisotopic (exact) mass is 698 g/mol. The molecule has 2 aromatic carbocycles. The molecule has 1 N–H and O–H groups in total. The van der Waals surface area contributed by atoms with Gasteiger partial charge >= 0.3 is 0 Å². The summed E-state index contributed by atoms with van der Waals surface area (Å²) in [7, 11) is -2.79. The van der Waals surface area contributed by atoms with Gasteiger partial charge in [0.05, 0.1) is 33.2 Å². The van der Waals surface area contributed by atoms with Crippen molar-refractivity contribution in [2.75, 3.05) is 44.4 Å².